The third-order valence-electron chi connectivity index (χ3n) is 6.84. The monoisotopic (exact) mass is 511 g/mol. The van der Waals surface area contributed by atoms with Crippen molar-refractivity contribution in [2.24, 2.45) is 0 Å². The zero-order valence-electron chi connectivity index (χ0n) is 20.0. The van der Waals surface area contributed by atoms with Crippen LogP contribution in [0.25, 0.3) is 11.2 Å². The molecule has 2 atom stereocenters. The van der Waals surface area contributed by atoms with E-state index in [1.165, 1.54) is 11.1 Å². The Balaban J connectivity index is 1.26. The molecule has 3 aromatic heterocycles. The van der Waals surface area contributed by atoms with Crippen molar-refractivity contribution in [2.45, 2.75) is 31.0 Å². The molecule has 6 rings (SSSR count). The Hall–Kier alpha value is -4.01. The molecule has 0 radical (unpaired) electrons. The van der Waals surface area contributed by atoms with Crippen molar-refractivity contribution in [3.05, 3.63) is 114 Å². The van der Waals surface area contributed by atoms with Crippen molar-refractivity contribution in [2.75, 3.05) is 11.9 Å². The summed E-state index contributed by atoms with van der Waals surface area (Å²) < 4.78 is 3.91. The summed E-state index contributed by atoms with van der Waals surface area (Å²) in [6, 6.07) is 21.0. The Morgan fingerprint density at radius 3 is 2.35 bits per heavy atom. The van der Waals surface area contributed by atoms with Crippen LogP contribution in [0.1, 0.15) is 41.1 Å². The van der Waals surface area contributed by atoms with Gasteiger partial charge in [0.2, 0.25) is 5.28 Å². The van der Waals surface area contributed by atoms with Crippen LogP contribution in [0.5, 0.6) is 0 Å². The summed E-state index contributed by atoms with van der Waals surface area (Å²) in [6.45, 7) is 0.605. The van der Waals surface area contributed by atoms with Crippen molar-refractivity contribution >= 4 is 28.6 Å². The van der Waals surface area contributed by atoms with E-state index in [0.717, 1.165) is 12.0 Å². The van der Waals surface area contributed by atoms with Crippen LogP contribution >= 0.6 is 11.6 Å². The van der Waals surface area contributed by atoms with Crippen LogP contribution in [0.15, 0.2) is 91.5 Å². The topological polar surface area (TPSA) is 93.7 Å². The fourth-order valence-electron chi connectivity index (χ4n) is 4.96. The molecule has 1 aliphatic carbocycles. The smallest absolute Gasteiger partial charge is 0.226 e. The number of imidazole rings is 1. The van der Waals surface area contributed by atoms with E-state index in [9.17, 15) is 5.11 Å². The Morgan fingerprint density at radius 2 is 1.68 bits per heavy atom. The van der Waals surface area contributed by atoms with E-state index in [1.807, 2.05) is 27.6 Å². The lowest BCUT2D eigenvalue weighted by Gasteiger charge is -2.19. The van der Waals surface area contributed by atoms with Gasteiger partial charge in [0.1, 0.15) is 0 Å². The van der Waals surface area contributed by atoms with Crippen molar-refractivity contribution in [3.8, 4) is 0 Å². The van der Waals surface area contributed by atoms with Gasteiger partial charge in [0.25, 0.3) is 0 Å². The van der Waals surface area contributed by atoms with Crippen LogP contribution in [0.4, 0.5) is 5.82 Å². The lowest BCUT2D eigenvalue weighted by Crippen LogP contribution is -2.15. The van der Waals surface area contributed by atoms with Crippen LogP contribution < -0.4 is 5.32 Å². The summed E-state index contributed by atoms with van der Waals surface area (Å²) in [5.74, 6) is 0.744. The fourth-order valence-corrected chi connectivity index (χ4v) is 5.12. The van der Waals surface area contributed by atoms with Gasteiger partial charge < -0.3 is 15.0 Å². The SMILES string of the molecule is OCc1cnn([C@@H]2C=C[C@H](n3cnc4c(NCC(c5ccccc5)c5ccccc5)nc(Cl)nc43)C2)c1. The molecule has 0 aliphatic heterocycles. The van der Waals surface area contributed by atoms with Gasteiger partial charge in [-0.2, -0.15) is 15.1 Å². The molecule has 3 heterocycles. The number of benzene rings is 2. The fraction of sp³-hybridized carbons (Fsp3) is 0.214. The lowest BCUT2D eigenvalue weighted by atomic mass is 9.91. The van der Waals surface area contributed by atoms with Crippen molar-refractivity contribution in [1.82, 2.24) is 29.3 Å². The minimum Gasteiger partial charge on any atom is -0.392 e. The molecule has 8 nitrogen and oxygen atoms in total. The molecule has 2 N–H and O–H groups in total. The first-order valence-electron chi connectivity index (χ1n) is 12.3. The molecule has 9 heteroatoms. The number of hydrogen-bond acceptors (Lipinski definition) is 6. The predicted octanol–water partition coefficient (Wildman–Crippen LogP) is 5.15. The van der Waals surface area contributed by atoms with Crippen LogP contribution in [0.3, 0.4) is 0 Å². The predicted molar refractivity (Wildman–Crippen MR) is 144 cm³/mol. The van der Waals surface area contributed by atoms with Gasteiger partial charge in [0.05, 0.1) is 31.2 Å². The number of anilines is 1. The molecule has 5 aromatic rings. The average molecular weight is 512 g/mol. The number of rotatable bonds is 8. The number of allylic oxidation sites excluding steroid dienone is 2. The number of halogens is 1. The highest BCUT2D eigenvalue weighted by atomic mass is 35.5. The molecular weight excluding hydrogens is 486 g/mol. The molecule has 37 heavy (non-hydrogen) atoms. The third-order valence-corrected chi connectivity index (χ3v) is 7.01. The number of nitrogens with zero attached hydrogens (tertiary/aromatic N) is 6. The van der Waals surface area contributed by atoms with Gasteiger partial charge in [-0.1, -0.05) is 72.8 Å². The second kappa shape index (κ2) is 10.2. The van der Waals surface area contributed by atoms with E-state index >= 15 is 0 Å². The summed E-state index contributed by atoms with van der Waals surface area (Å²) in [4.78, 5) is 13.7. The molecule has 186 valence electrons. The van der Waals surface area contributed by atoms with Crippen molar-refractivity contribution < 1.29 is 5.11 Å². The summed E-state index contributed by atoms with van der Waals surface area (Å²) in [5.41, 5.74) is 4.60. The van der Waals surface area contributed by atoms with Gasteiger partial charge in [-0.3, -0.25) is 4.68 Å². The van der Waals surface area contributed by atoms with Gasteiger partial charge in [0, 0.05) is 24.2 Å². The highest BCUT2D eigenvalue weighted by molar-refractivity contribution is 6.28. The standard InChI is InChI=1S/C28H26ClN7O/c29-28-33-26(30-15-24(20-7-3-1-4-8-20)21-9-5-2-6-10-21)25-27(34-28)35(18-31-25)22-11-12-23(13-22)36-16-19(17-37)14-32-36/h1-12,14,16,18,22-24,37H,13,15,17H2,(H,30,33,34)/t22-,23+/m0/s1. The van der Waals surface area contributed by atoms with Crippen LogP contribution in [-0.2, 0) is 6.61 Å². The molecule has 2 aromatic carbocycles. The third kappa shape index (κ3) is 4.73. The first-order valence-corrected chi connectivity index (χ1v) is 12.6. The second-order valence-corrected chi connectivity index (χ2v) is 9.50. The molecular formula is C28H26ClN7O. The maximum Gasteiger partial charge on any atom is 0.226 e. The van der Waals surface area contributed by atoms with E-state index in [1.54, 1.807) is 12.5 Å². The Labute approximate surface area is 219 Å². The molecule has 0 fully saturated rings. The normalized spacial score (nSPS) is 17.2. The molecule has 0 unspecified atom stereocenters. The maximum atomic E-state index is 9.36. The van der Waals surface area contributed by atoms with E-state index < -0.39 is 0 Å². The number of aliphatic hydroxyl groups excluding tert-OH is 1. The number of hydrogen-bond donors (Lipinski definition) is 2. The highest BCUT2D eigenvalue weighted by Crippen LogP contribution is 2.34. The van der Waals surface area contributed by atoms with Crippen LogP contribution in [0.2, 0.25) is 5.28 Å². The lowest BCUT2D eigenvalue weighted by molar-refractivity contribution is 0.281. The summed E-state index contributed by atoms with van der Waals surface area (Å²) >= 11 is 6.39. The Morgan fingerprint density at radius 1 is 0.973 bits per heavy atom. The summed E-state index contributed by atoms with van der Waals surface area (Å²) in [7, 11) is 0. The maximum absolute atomic E-state index is 9.36. The molecule has 0 bridgehead atoms. The van der Waals surface area contributed by atoms with Gasteiger partial charge in [-0.05, 0) is 29.1 Å². The van der Waals surface area contributed by atoms with Gasteiger partial charge in [-0.25, -0.2) is 4.98 Å². The molecule has 0 spiro atoms. The molecule has 0 saturated heterocycles. The van der Waals surface area contributed by atoms with Gasteiger partial charge in [0.15, 0.2) is 17.0 Å². The first kappa shape index (κ1) is 23.4. The second-order valence-electron chi connectivity index (χ2n) is 9.16. The zero-order chi connectivity index (χ0) is 25.2. The average Bonchev–Trinajstić information content (AvgIpc) is 3.69. The quantitative estimate of drug-likeness (QED) is 0.221. The highest BCUT2D eigenvalue weighted by Gasteiger charge is 2.25. The molecule has 1 aliphatic rings. The summed E-state index contributed by atoms with van der Waals surface area (Å²) in [5, 5.41) is 17.4. The van der Waals surface area contributed by atoms with Crippen LogP contribution in [0, 0.1) is 0 Å². The van der Waals surface area contributed by atoms with Gasteiger partial charge >= 0.3 is 0 Å². The van der Waals surface area contributed by atoms with Gasteiger partial charge in [-0.15, -0.1) is 0 Å². The molecule has 0 saturated carbocycles. The number of aliphatic hydroxyl groups is 1. The minimum absolute atomic E-state index is 0.0212. The molecule has 0 amide bonds. The number of aromatic nitrogens is 6. The Kier molecular flexibility index (Phi) is 6.42. The van der Waals surface area contributed by atoms with Crippen molar-refractivity contribution in [1.29, 1.82) is 0 Å². The summed E-state index contributed by atoms with van der Waals surface area (Å²) in [6.07, 6.45) is 10.4. The number of fused-ring (bicyclic) bond motifs is 1. The van der Waals surface area contributed by atoms with Crippen LogP contribution in [-0.4, -0.2) is 41.0 Å². The zero-order valence-corrected chi connectivity index (χ0v) is 20.8. The largest absolute Gasteiger partial charge is 0.392 e. The Bertz CT molecular complexity index is 1490. The van der Waals surface area contributed by atoms with E-state index in [4.69, 9.17) is 11.6 Å². The first-order chi connectivity index (χ1) is 18.2. The van der Waals surface area contributed by atoms with E-state index in [2.05, 4.69) is 86.1 Å². The van der Waals surface area contributed by atoms with E-state index in [0.29, 0.717) is 23.5 Å². The minimum atomic E-state index is -0.0212. The number of nitrogens with one attached hydrogen (secondary N) is 1. The van der Waals surface area contributed by atoms with E-state index in [-0.39, 0.29) is 29.9 Å². The van der Waals surface area contributed by atoms with Crippen molar-refractivity contribution in [3.63, 3.8) is 0 Å².